The van der Waals surface area contributed by atoms with E-state index >= 15 is 0 Å². The highest BCUT2D eigenvalue weighted by Gasteiger charge is 2.52. The van der Waals surface area contributed by atoms with Crippen LogP contribution in [0.2, 0.25) is 10.0 Å². The predicted octanol–water partition coefficient (Wildman–Crippen LogP) is 8.02. The van der Waals surface area contributed by atoms with Crippen LogP contribution in [0.5, 0.6) is 0 Å². The fourth-order valence-corrected chi connectivity index (χ4v) is 7.66. The van der Waals surface area contributed by atoms with E-state index in [1.807, 2.05) is 82.0 Å². The number of allylic oxidation sites excluding steroid dienone is 1. The van der Waals surface area contributed by atoms with Crippen LogP contribution in [0.15, 0.2) is 65.5 Å². The topological polar surface area (TPSA) is 73.5 Å². The van der Waals surface area contributed by atoms with E-state index in [0.717, 1.165) is 11.1 Å². The summed E-state index contributed by atoms with van der Waals surface area (Å²) < 4.78 is 17.9. The number of carbonyl (C=O) groups is 1. The summed E-state index contributed by atoms with van der Waals surface area (Å²) in [6, 6.07) is 14.6. The van der Waals surface area contributed by atoms with Gasteiger partial charge in [-0.15, -0.1) is 10.9 Å². The molecule has 0 aromatic heterocycles. The van der Waals surface area contributed by atoms with Crippen molar-refractivity contribution in [3.8, 4) is 6.19 Å². The molecule has 204 valence electrons. The molecule has 1 heterocycles. The largest absolute Gasteiger partial charge is 0.330 e. The van der Waals surface area contributed by atoms with Crippen molar-refractivity contribution >= 4 is 38.8 Å². The molecule has 1 fully saturated rings. The molecule has 5 nitrogen and oxygen atoms in total. The number of piperidine rings is 1. The highest BCUT2D eigenvalue weighted by molar-refractivity contribution is 7.94. The Morgan fingerprint density at radius 1 is 1.16 bits per heavy atom. The molecular weight excluding hydrogens is 537 g/mol. The Balaban J connectivity index is 2.32. The van der Waals surface area contributed by atoms with Crippen LogP contribution in [0, 0.1) is 22.8 Å². The predicted molar refractivity (Wildman–Crippen MR) is 158 cm³/mol. The van der Waals surface area contributed by atoms with E-state index < -0.39 is 21.2 Å². The van der Waals surface area contributed by atoms with Crippen LogP contribution in [0.3, 0.4) is 0 Å². The first-order valence-corrected chi connectivity index (χ1v) is 15.4. The van der Waals surface area contributed by atoms with E-state index in [1.165, 1.54) is 0 Å². The molecule has 1 amide bonds. The minimum Gasteiger partial charge on any atom is -0.330 e. The smallest absolute Gasteiger partial charge is 0.229 e. The zero-order chi connectivity index (χ0) is 28.3. The van der Waals surface area contributed by atoms with Crippen molar-refractivity contribution in [3.05, 3.63) is 82.4 Å². The van der Waals surface area contributed by atoms with Crippen molar-refractivity contribution in [1.82, 2.24) is 4.90 Å². The minimum absolute atomic E-state index is 0.0169. The standard InChI is InChI=1S/C30H37Cl2N3O2S/c1-7-15-30(6)17-26(23-9-8-10-25(32)16-23)28(22-11-13-24(31)14-12-22)35(29(30)36)27(20(2)3)18-38(37,21(4)5)34-19-33/h7-14,16,20-21,26-28H,1,15,17-18H2,2-6H3/t26-,27-,28-,30+,38?/m1/s1. The molecule has 1 aliphatic rings. The van der Waals surface area contributed by atoms with Gasteiger partial charge in [-0.05, 0) is 54.2 Å². The highest BCUT2D eigenvalue weighted by atomic mass is 35.5. The fraction of sp³-hybridized carbons (Fsp3) is 0.467. The van der Waals surface area contributed by atoms with Gasteiger partial charge in [0.05, 0.1) is 26.9 Å². The van der Waals surface area contributed by atoms with Crippen LogP contribution in [0.4, 0.5) is 0 Å². The Bertz CT molecular complexity index is 1330. The van der Waals surface area contributed by atoms with Gasteiger partial charge in [-0.1, -0.05) is 88.2 Å². The first kappa shape index (κ1) is 30.2. The summed E-state index contributed by atoms with van der Waals surface area (Å²) in [6.45, 7) is 13.6. The summed E-state index contributed by atoms with van der Waals surface area (Å²) in [5.41, 5.74) is 1.24. The van der Waals surface area contributed by atoms with Crippen molar-refractivity contribution in [2.24, 2.45) is 15.7 Å². The lowest BCUT2D eigenvalue weighted by molar-refractivity contribution is -0.155. The van der Waals surface area contributed by atoms with Crippen molar-refractivity contribution in [2.75, 3.05) is 5.75 Å². The number of nitriles is 1. The Labute approximate surface area is 238 Å². The van der Waals surface area contributed by atoms with E-state index in [1.54, 1.807) is 12.3 Å². The van der Waals surface area contributed by atoms with Gasteiger partial charge in [0.15, 0.2) is 0 Å². The maximum atomic E-state index is 14.5. The molecule has 0 aliphatic carbocycles. The third-order valence-corrected chi connectivity index (χ3v) is 10.8. The SMILES string of the molecule is C=CC[C@@]1(C)C[C@H](c2cccc(Cl)c2)[C@@H](c2ccc(Cl)cc2)N([C@H](CS(=O)(=NC#N)C(C)C)C(C)C)C1=O. The first-order chi connectivity index (χ1) is 17.9. The third-order valence-electron chi connectivity index (χ3n) is 7.65. The van der Waals surface area contributed by atoms with Crippen molar-refractivity contribution in [1.29, 1.82) is 5.26 Å². The maximum Gasteiger partial charge on any atom is 0.229 e. The molecule has 8 heteroatoms. The molecule has 5 atom stereocenters. The molecule has 2 aromatic carbocycles. The highest BCUT2D eigenvalue weighted by Crippen LogP contribution is 2.52. The van der Waals surface area contributed by atoms with Gasteiger partial charge in [0.25, 0.3) is 0 Å². The van der Waals surface area contributed by atoms with Crippen LogP contribution in [-0.2, 0) is 14.5 Å². The Morgan fingerprint density at radius 2 is 1.82 bits per heavy atom. The molecule has 2 aromatic rings. The molecule has 38 heavy (non-hydrogen) atoms. The van der Waals surface area contributed by atoms with Gasteiger partial charge in [-0.25, -0.2) is 4.21 Å². The third kappa shape index (κ3) is 6.28. The molecule has 1 saturated heterocycles. The number of hydrogen-bond donors (Lipinski definition) is 0. The van der Waals surface area contributed by atoms with Crippen LogP contribution in [0.25, 0.3) is 0 Å². The molecule has 1 aliphatic heterocycles. The number of benzene rings is 2. The first-order valence-electron chi connectivity index (χ1n) is 12.9. The number of hydrogen-bond acceptors (Lipinski definition) is 4. The van der Waals surface area contributed by atoms with Crippen molar-refractivity contribution in [3.63, 3.8) is 0 Å². The van der Waals surface area contributed by atoms with Crippen LogP contribution >= 0.6 is 23.2 Å². The van der Waals surface area contributed by atoms with E-state index in [2.05, 4.69) is 17.0 Å². The van der Waals surface area contributed by atoms with Crippen molar-refractivity contribution in [2.45, 2.75) is 70.7 Å². The lowest BCUT2D eigenvalue weighted by atomic mass is 9.67. The Hall–Kier alpha value is -2.33. The maximum absolute atomic E-state index is 14.5. The zero-order valence-electron chi connectivity index (χ0n) is 22.7. The number of halogens is 2. The second kappa shape index (κ2) is 12.2. The molecule has 1 unspecified atom stereocenters. The number of likely N-dealkylation sites (tertiary alicyclic amines) is 1. The van der Waals surface area contributed by atoms with Crippen LogP contribution in [0.1, 0.15) is 70.5 Å². The summed E-state index contributed by atoms with van der Waals surface area (Å²) in [5.74, 6) is -0.0510. The molecule has 0 saturated carbocycles. The van der Waals surface area contributed by atoms with E-state index in [-0.39, 0.29) is 34.8 Å². The Morgan fingerprint density at radius 3 is 2.34 bits per heavy atom. The van der Waals surface area contributed by atoms with E-state index in [0.29, 0.717) is 22.9 Å². The van der Waals surface area contributed by atoms with Gasteiger partial charge in [-0.2, -0.15) is 5.26 Å². The minimum atomic E-state index is -2.92. The van der Waals surface area contributed by atoms with Gasteiger partial charge in [0.2, 0.25) is 12.1 Å². The summed E-state index contributed by atoms with van der Waals surface area (Å²) in [6.07, 6.45) is 4.66. The quantitative estimate of drug-likeness (QED) is 0.225. The van der Waals surface area contributed by atoms with Gasteiger partial charge in [-0.3, -0.25) is 4.79 Å². The van der Waals surface area contributed by atoms with Gasteiger partial charge >= 0.3 is 0 Å². The molecule has 0 radical (unpaired) electrons. The van der Waals surface area contributed by atoms with Crippen molar-refractivity contribution < 1.29 is 9.00 Å². The molecule has 3 rings (SSSR count). The summed E-state index contributed by atoms with van der Waals surface area (Å²) in [7, 11) is -2.92. The zero-order valence-corrected chi connectivity index (χ0v) is 25.1. The Kier molecular flexibility index (Phi) is 9.73. The number of nitrogens with zero attached hydrogens (tertiary/aromatic N) is 3. The second-order valence-corrected chi connectivity index (χ2v) is 14.7. The lowest BCUT2D eigenvalue weighted by Crippen LogP contribution is -2.58. The number of amides is 1. The van der Waals surface area contributed by atoms with Gasteiger partial charge in [0.1, 0.15) is 0 Å². The summed E-state index contributed by atoms with van der Waals surface area (Å²) in [4.78, 5) is 16.5. The summed E-state index contributed by atoms with van der Waals surface area (Å²) >= 11 is 12.7. The van der Waals surface area contributed by atoms with E-state index in [4.69, 9.17) is 23.2 Å². The molecule has 0 spiro atoms. The molecule has 0 N–H and O–H groups in total. The fourth-order valence-electron chi connectivity index (χ4n) is 5.50. The average Bonchev–Trinajstić information content (AvgIpc) is 2.85. The summed E-state index contributed by atoms with van der Waals surface area (Å²) in [5, 5.41) is 10.3. The second-order valence-electron chi connectivity index (χ2n) is 11.0. The molecular formula is C30H37Cl2N3O2S. The number of carbonyl (C=O) groups excluding carboxylic acids is 1. The van der Waals surface area contributed by atoms with Crippen LogP contribution < -0.4 is 0 Å². The number of rotatable bonds is 9. The average molecular weight is 575 g/mol. The lowest BCUT2D eigenvalue weighted by Gasteiger charge is -2.53. The van der Waals surface area contributed by atoms with E-state index in [9.17, 15) is 14.3 Å². The van der Waals surface area contributed by atoms with Gasteiger partial charge < -0.3 is 4.90 Å². The normalized spacial score (nSPS) is 24.1. The van der Waals surface area contributed by atoms with Crippen LogP contribution in [-0.4, -0.2) is 32.1 Å². The van der Waals surface area contributed by atoms with Gasteiger partial charge in [0, 0.05) is 27.3 Å². The molecule has 0 bridgehead atoms. The monoisotopic (exact) mass is 573 g/mol.